The number of hydrogen-bond donors (Lipinski definition) is 8. The molecule has 2 aromatic rings. The fourth-order valence-electron chi connectivity index (χ4n) is 8.40. The number of anilines is 1. The van der Waals surface area contributed by atoms with Gasteiger partial charge >= 0.3 is 12.2 Å². The molecule has 5 rings (SSSR count). The summed E-state index contributed by atoms with van der Waals surface area (Å²) in [7, 11) is 1.66. The lowest BCUT2D eigenvalue weighted by Gasteiger charge is -2.43. The molecular weight excluding hydrogens is 1000 g/mol. The van der Waals surface area contributed by atoms with E-state index in [-0.39, 0.29) is 77.2 Å². The minimum atomic E-state index is -1.14. The maximum atomic E-state index is 13.8. The standard InChI is InChI=1S/C44H69ClN6O22/c1-62-21-6-19-46-20-24-63-39-18-9-31(25-38(39)46)28-66-40-26-47(43(52)64-22-4-2-7-36(72-50(58)59)29-67-48(54)55)27-41(71-44(53)65-23-5-3-8-37(73-51(60)61)30-68-49(56)57)42(40)70-35-16-14-34(15-17-35)69-33-12-10-32(45)11-13-33/h9-13,18,25,34-37,40-42,54-61H,2-8,14-17,19-24,26-30H2,1H3. The van der Waals surface area contributed by atoms with Gasteiger partial charge in [0, 0.05) is 25.3 Å². The van der Waals surface area contributed by atoms with Gasteiger partial charge in [0.25, 0.3) is 0 Å². The molecule has 2 fully saturated rings. The SMILES string of the molecule is COCCCN1CCOc2ccc(COC3CN(C(=O)OCCCCC(CON(O)O)ON(O)O)CC(OC(=O)OCCCCC(CON(O)O)ON(O)O)C3OC3CCC(Oc4ccc(Cl)cc4)CC3)cc21. The topological polar surface area (TPSA) is 326 Å². The van der Waals surface area contributed by atoms with Gasteiger partial charge in [0.05, 0.1) is 78.9 Å². The molecule has 0 spiro atoms. The first kappa shape index (κ1) is 59.8. The van der Waals surface area contributed by atoms with Crippen LogP contribution in [0.5, 0.6) is 11.5 Å². The number of carbonyl (C=O) groups is 2. The van der Waals surface area contributed by atoms with Crippen molar-refractivity contribution in [1.82, 2.24) is 26.5 Å². The quantitative estimate of drug-likeness (QED) is 0.0260. The summed E-state index contributed by atoms with van der Waals surface area (Å²) in [5.74, 6) is 1.42. The van der Waals surface area contributed by atoms with Gasteiger partial charge in [0.15, 0.2) is 6.10 Å². The number of amides is 1. The number of nitrogens with zero attached hydrogens (tertiary/aromatic N) is 6. The van der Waals surface area contributed by atoms with Gasteiger partial charge in [-0.15, -0.1) is 0 Å². The highest BCUT2D eigenvalue weighted by molar-refractivity contribution is 6.30. The van der Waals surface area contributed by atoms with E-state index in [1.54, 1.807) is 19.2 Å². The van der Waals surface area contributed by atoms with E-state index in [0.29, 0.717) is 62.6 Å². The Labute approximate surface area is 425 Å². The van der Waals surface area contributed by atoms with E-state index in [1.165, 1.54) is 4.90 Å². The Hall–Kier alpha value is -4.09. The van der Waals surface area contributed by atoms with Crippen LogP contribution >= 0.6 is 11.6 Å². The molecule has 0 aromatic heterocycles. The third kappa shape index (κ3) is 22.3. The number of ether oxygens (including phenoxy) is 8. The molecule has 414 valence electrons. The van der Waals surface area contributed by atoms with Crippen LogP contribution in [0.1, 0.15) is 76.2 Å². The second-order valence-electron chi connectivity index (χ2n) is 17.2. The number of carbonyl (C=O) groups excluding carboxylic acids is 2. The molecule has 2 aliphatic heterocycles. The van der Waals surface area contributed by atoms with E-state index in [0.717, 1.165) is 30.0 Å². The van der Waals surface area contributed by atoms with Gasteiger partial charge in [-0.2, -0.15) is 0 Å². The van der Waals surface area contributed by atoms with E-state index in [1.807, 2.05) is 30.3 Å². The monoisotopic (exact) mass is 1070 g/mol. The van der Waals surface area contributed by atoms with Crippen LogP contribution in [0.25, 0.3) is 0 Å². The highest BCUT2D eigenvalue weighted by atomic mass is 35.5. The van der Waals surface area contributed by atoms with Gasteiger partial charge in [-0.3, -0.25) is 41.7 Å². The van der Waals surface area contributed by atoms with E-state index < -0.39 is 77.5 Å². The minimum absolute atomic E-state index is 0.0318. The third-order valence-electron chi connectivity index (χ3n) is 11.9. The molecule has 3 aliphatic rings. The Morgan fingerprint density at radius 2 is 1.36 bits per heavy atom. The minimum Gasteiger partial charge on any atom is -0.490 e. The molecule has 0 bridgehead atoms. The summed E-state index contributed by atoms with van der Waals surface area (Å²) in [5.41, 5.74) is 1.70. The van der Waals surface area contributed by atoms with E-state index in [4.69, 9.17) is 101 Å². The normalized spacial score (nSPS) is 21.0. The highest BCUT2D eigenvalue weighted by Gasteiger charge is 2.45. The number of fused-ring (bicyclic) bond motifs is 1. The lowest BCUT2D eigenvalue weighted by Crippen LogP contribution is -2.60. The van der Waals surface area contributed by atoms with Crippen molar-refractivity contribution in [3.8, 4) is 11.5 Å². The van der Waals surface area contributed by atoms with Crippen molar-refractivity contribution in [2.75, 3.05) is 77.8 Å². The molecule has 2 heterocycles. The van der Waals surface area contributed by atoms with E-state index in [9.17, 15) is 9.59 Å². The molecule has 1 saturated carbocycles. The van der Waals surface area contributed by atoms with E-state index in [2.05, 4.69) is 14.6 Å². The average Bonchev–Trinajstić information content (AvgIpc) is 3.35. The summed E-state index contributed by atoms with van der Waals surface area (Å²) < 4.78 is 48.0. The average molecular weight is 1070 g/mol. The Bertz CT molecular complexity index is 1870. The number of piperidine rings is 1. The van der Waals surface area contributed by atoms with Gasteiger partial charge in [0.2, 0.25) is 0 Å². The first-order chi connectivity index (χ1) is 35.1. The number of methoxy groups -OCH3 is 1. The number of hydrogen-bond acceptors (Lipinski definition) is 27. The molecule has 8 N–H and O–H groups in total. The Morgan fingerprint density at radius 1 is 0.740 bits per heavy atom. The number of likely N-dealkylation sites (tertiary alicyclic amines) is 1. The zero-order valence-electron chi connectivity index (χ0n) is 40.5. The number of rotatable bonds is 32. The number of unbranched alkanes of at least 4 members (excludes halogenated alkanes) is 2. The molecular formula is C44H69ClN6O22. The van der Waals surface area contributed by atoms with Crippen molar-refractivity contribution in [3.05, 3.63) is 53.1 Å². The number of benzene rings is 2. The Balaban J connectivity index is 1.30. The van der Waals surface area contributed by atoms with Crippen molar-refractivity contribution < 1.29 is 108 Å². The molecule has 29 heteroatoms. The Kier molecular flexibility index (Phi) is 26.5. The number of halogens is 1. The maximum absolute atomic E-state index is 13.8. The maximum Gasteiger partial charge on any atom is 0.508 e. The molecule has 1 saturated heterocycles. The molecule has 1 amide bonds. The van der Waals surface area contributed by atoms with Crippen molar-refractivity contribution in [2.24, 2.45) is 0 Å². The third-order valence-corrected chi connectivity index (χ3v) is 12.1. The molecule has 28 nitrogen and oxygen atoms in total. The fraction of sp³-hybridized carbons (Fsp3) is 0.682. The second kappa shape index (κ2) is 32.4. The van der Waals surface area contributed by atoms with Crippen molar-refractivity contribution >= 4 is 29.5 Å². The van der Waals surface area contributed by atoms with Crippen LogP contribution in [0, 0.1) is 0 Å². The molecule has 1 aliphatic carbocycles. The second-order valence-corrected chi connectivity index (χ2v) is 17.7. The summed E-state index contributed by atoms with van der Waals surface area (Å²) in [6.07, 6.45) is -2.63. The smallest absolute Gasteiger partial charge is 0.490 e. The van der Waals surface area contributed by atoms with Crippen molar-refractivity contribution in [1.29, 1.82) is 0 Å². The molecule has 73 heavy (non-hydrogen) atoms. The molecule has 0 radical (unpaired) electrons. The highest BCUT2D eigenvalue weighted by Crippen LogP contribution is 2.35. The van der Waals surface area contributed by atoms with Gasteiger partial charge < -0.3 is 47.7 Å². The van der Waals surface area contributed by atoms with Crippen LogP contribution in [-0.2, 0) is 54.4 Å². The van der Waals surface area contributed by atoms with E-state index >= 15 is 0 Å². The van der Waals surface area contributed by atoms with Crippen LogP contribution < -0.4 is 14.4 Å². The fourth-order valence-corrected chi connectivity index (χ4v) is 8.53. The van der Waals surface area contributed by atoms with Crippen LogP contribution in [-0.4, -0.2) is 196 Å². The lowest BCUT2D eigenvalue weighted by molar-refractivity contribution is -0.527. The lowest BCUT2D eigenvalue weighted by atomic mass is 9.93. The Morgan fingerprint density at radius 3 is 1.97 bits per heavy atom. The van der Waals surface area contributed by atoms with Crippen LogP contribution in [0.2, 0.25) is 5.02 Å². The molecule has 5 atom stereocenters. The van der Waals surface area contributed by atoms with Gasteiger partial charge in [-0.25, -0.2) is 28.9 Å². The largest absolute Gasteiger partial charge is 0.508 e. The zero-order valence-corrected chi connectivity index (χ0v) is 41.2. The molecule has 5 unspecified atom stereocenters. The predicted molar refractivity (Wildman–Crippen MR) is 242 cm³/mol. The first-order valence-electron chi connectivity index (χ1n) is 23.9. The van der Waals surface area contributed by atoms with Gasteiger partial charge in [-0.05, 0) is 113 Å². The van der Waals surface area contributed by atoms with Crippen LogP contribution in [0.3, 0.4) is 0 Å². The van der Waals surface area contributed by atoms with Crippen LogP contribution in [0.15, 0.2) is 42.5 Å². The summed E-state index contributed by atoms with van der Waals surface area (Å²) in [4.78, 5) is 49.5. The summed E-state index contributed by atoms with van der Waals surface area (Å²) >= 11 is 6.08. The van der Waals surface area contributed by atoms with Gasteiger partial charge in [0.1, 0.15) is 55.7 Å². The van der Waals surface area contributed by atoms with Crippen molar-refractivity contribution in [2.45, 2.75) is 120 Å². The predicted octanol–water partition coefficient (Wildman–Crippen LogP) is 5.34. The van der Waals surface area contributed by atoms with Crippen LogP contribution in [0.4, 0.5) is 15.3 Å². The summed E-state index contributed by atoms with van der Waals surface area (Å²) in [6, 6.07) is 12.9. The summed E-state index contributed by atoms with van der Waals surface area (Å²) in [5, 5.41) is 70.3. The first-order valence-corrected chi connectivity index (χ1v) is 24.3. The zero-order chi connectivity index (χ0) is 52.5. The summed E-state index contributed by atoms with van der Waals surface area (Å²) in [6.45, 7) is 1.21. The van der Waals surface area contributed by atoms with Gasteiger partial charge in [-0.1, -0.05) is 17.7 Å². The van der Waals surface area contributed by atoms with Crippen molar-refractivity contribution in [3.63, 3.8) is 0 Å². The molecule has 2 aromatic carbocycles.